The minimum absolute atomic E-state index is 0.0721. The maximum absolute atomic E-state index is 11.4. The third kappa shape index (κ3) is 5.54. The number of rotatable bonds is 6. The fourth-order valence-electron chi connectivity index (χ4n) is 0.965. The smallest absolute Gasteiger partial charge is 0.248 e. The summed E-state index contributed by atoms with van der Waals surface area (Å²) >= 11 is 4.73. The van der Waals surface area contributed by atoms with Crippen molar-refractivity contribution in [1.82, 2.24) is 4.90 Å². The van der Waals surface area contributed by atoms with Crippen LogP contribution in [0.25, 0.3) is 0 Å². The Kier molecular flexibility index (Phi) is 6.44. The minimum Gasteiger partial charge on any atom is -0.392 e. The molecule has 0 bridgehead atoms. The van der Waals surface area contributed by atoms with Crippen LogP contribution in [0.3, 0.4) is 0 Å². The Balaban J connectivity index is 4.06. The number of thiocarbonyl (C=S) groups is 1. The number of carbonyl (C=O) groups excluding carboxylic acids is 1. The Morgan fingerprint density at radius 1 is 1.62 bits per heavy atom. The number of amides is 1. The molecule has 5 heteroatoms. The van der Waals surface area contributed by atoms with Crippen LogP contribution in [0.15, 0.2) is 0 Å². The highest BCUT2D eigenvalue weighted by Gasteiger charge is 2.12. The topological polar surface area (TPSA) is 55.6 Å². The van der Waals surface area contributed by atoms with Crippen LogP contribution in [0, 0.1) is 0 Å². The highest BCUT2D eigenvalue weighted by Crippen LogP contribution is 1.93. The average Bonchev–Trinajstić information content (AvgIpc) is 2.03. The molecular formula is C8H16N2O2S. The molecule has 0 aromatic rings. The van der Waals surface area contributed by atoms with Gasteiger partial charge in [0, 0.05) is 13.7 Å². The van der Waals surface area contributed by atoms with E-state index in [9.17, 15) is 4.79 Å². The molecule has 0 aromatic heterocycles. The molecular weight excluding hydrogens is 188 g/mol. The Morgan fingerprint density at radius 3 is 2.62 bits per heavy atom. The summed E-state index contributed by atoms with van der Waals surface area (Å²) in [6, 6.07) is 0. The number of hydrogen-bond donors (Lipinski definition) is 1. The van der Waals surface area contributed by atoms with Crippen LogP contribution in [-0.2, 0) is 9.53 Å². The van der Waals surface area contributed by atoms with Gasteiger partial charge >= 0.3 is 0 Å². The van der Waals surface area contributed by atoms with Gasteiger partial charge in [-0.05, 0) is 6.42 Å². The van der Waals surface area contributed by atoms with E-state index in [1.807, 2.05) is 6.92 Å². The minimum atomic E-state index is -0.0721. The van der Waals surface area contributed by atoms with Crippen molar-refractivity contribution in [2.75, 3.05) is 26.8 Å². The highest BCUT2D eigenvalue weighted by molar-refractivity contribution is 7.80. The molecule has 0 atom stereocenters. The van der Waals surface area contributed by atoms with Crippen molar-refractivity contribution in [3.05, 3.63) is 0 Å². The number of carbonyl (C=O) groups is 1. The van der Waals surface area contributed by atoms with E-state index in [1.54, 1.807) is 4.90 Å². The van der Waals surface area contributed by atoms with Gasteiger partial charge in [-0.25, -0.2) is 0 Å². The van der Waals surface area contributed by atoms with Gasteiger partial charge in [0.2, 0.25) is 5.91 Å². The lowest BCUT2D eigenvalue weighted by Gasteiger charge is -2.20. The van der Waals surface area contributed by atoms with E-state index < -0.39 is 0 Å². The van der Waals surface area contributed by atoms with Gasteiger partial charge in [0.25, 0.3) is 0 Å². The molecule has 0 aromatic carbocycles. The molecule has 0 saturated carbocycles. The standard InChI is InChI=1S/C8H16N2O2S/c1-3-4-10(5-7(9)13)8(11)6-12-2/h3-6H2,1-2H3,(H2,9,13). The Labute approximate surface area is 84.0 Å². The number of methoxy groups -OCH3 is 1. The third-order valence-corrected chi connectivity index (χ3v) is 1.59. The molecule has 0 heterocycles. The Morgan fingerprint density at radius 2 is 2.23 bits per heavy atom. The lowest BCUT2D eigenvalue weighted by molar-refractivity contribution is -0.134. The van der Waals surface area contributed by atoms with Crippen LogP contribution in [0.1, 0.15) is 13.3 Å². The molecule has 0 fully saturated rings. The van der Waals surface area contributed by atoms with Crippen LogP contribution < -0.4 is 5.73 Å². The SMILES string of the molecule is CCCN(CC(N)=S)C(=O)COC. The summed E-state index contributed by atoms with van der Waals surface area (Å²) < 4.78 is 4.74. The normalized spacial score (nSPS) is 9.69. The predicted molar refractivity (Wildman–Crippen MR) is 55.5 cm³/mol. The molecule has 0 radical (unpaired) electrons. The van der Waals surface area contributed by atoms with E-state index in [4.69, 9.17) is 22.7 Å². The van der Waals surface area contributed by atoms with Gasteiger partial charge in [0.1, 0.15) is 6.61 Å². The molecule has 0 rings (SSSR count). The van der Waals surface area contributed by atoms with E-state index in [2.05, 4.69) is 0 Å². The molecule has 13 heavy (non-hydrogen) atoms. The van der Waals surface area contributed by atoms with Gasteiger partial charge in [-0.1, -0.05) is 19.1 Å². The van der Waals surface area contributed by atoms with Crippen molar-refractivity contribution in [3.63, 3.8) is 0 Å². The summed E-state index contributed by atoms with van der Waals surface area (Å²) in [5, 5.41) is 0. The van der Waals surface area contributed by atoms with E-state index in [1.165, 1.54) is 7.11 Å². The van der Waals surface area contributed by atoms with Crippen molar-refractivity contribution in [3.8, 4) is 0 Å². The van der Waals surface area contributed by atoms with Crippen LogP contribution in [0.2, 0.25) is 0 Å². The fourth-order valence-corrected chi connectivity index (χ4v) is 1.12. The second kappa shape index (κ2) is 6.80. The molecule has 0 aliphatic rings. The zero-order chi connectivity index (χ0) is 10.3. The van der Waals surface area contributed by atoms with Crippen LogP contribution in [0.5, 0.6) is 0 Å². The third-order valence-electron chi connectivity index (χ3n) is 1.46. The van der Waals surface area contributed by atoms with Gasteiger partial charge in [-0.15, -0.1) is 0 Å². The maximum Gasteiger partial charge on any atom is 0.248 e. The molecule has 0 aliphatic carbocycles. The molecule has 0 unspecified atom stereocenters. The molecule has 0 aliphatic heterocycles. The Bertz CT molecular complexity index is 185. The van der Waals surface area contributed by atoms with Crippen molar-refractivity contribution in [1.29, 1.82) is 0 Å². The number of hydrogen-bond acceptors (Lipinski definition) is 3. The first-order valence-electron chi connectivity index (χ1n) is 4.16. The van der Waals surface area contributed by atoms with Crippen LogP contribution in [-0.4, -0.2) is 42.6 Å². The quantitative estimate of drug-likeness (QED) is 0.626. The number of ether oxygens (including phenoxy) is 1. The van der Waals surface area contributed by atoms with E-state index in [0.29, 0.717) is 18.1 Å². The summed E-state index contributed by atoms with van der Waals surface area (Å²) in [5.74, 6) is -0.0721. The second-order valence-corrected chi connectivity index (χ2v) is 3.24. The number of nitrogens with zero attached hydrogens (tertiary/aromatic N) is 1. The summed E-state index contributed by atoms with van der Waals surface area (Å²) in [5.41, 5.74) is 5.35. The molecule has 0 spiro atoms. The predicted octanol–water partition coefficient (Wildman–Crippen LogP) is 0.158. The summed E-state index contributed by atoms with van der Waals surface area (Å²) in [7, 11) is 1.49. The largest absolute Gasteiger partial charge is 0.392 e. The van der Waals surface area contributed by atoms with Gasteiger partial charge < -0.3 is 15.4 Å². The number of nitrogens with two attached hydrogens (primary N) is 1. The Hall–Kier alpha value is -0.680. The zero-order valence-electron chi connectivity index (χ0n) is 8.08. The van der Waals surface area contributed by atoms with Crippen molar-refractivity contribution >= 4 is 23.1 Å². The highest BCUT2D eigenvalue weighted by atomic mass is 32.1. The first-order valence-corrected chi connectivity index (χ1v) is 4.57. The van der Waals surface area contributed by atoms with Gasteiger partial charge in [0.05, 0.1) is 11.5 Å². The van der Waals surface area contributed by atoms with Gasteiger partial charge in [0.15, 0.2) is 0 Å². The van der Waals surface area contributed by atoms with Crippen LogP contribution in [0.4, 0.5) is 0 Å². The van der Waals surface area contributed by atoms with Gasteiger partial charge in [-0.2, -0.15) is 0 Å². The lowest BCUT2D eigenvalue weighted by atomic mass is 10.4. The summed E-state index contributed by atoms with van der Waals surface area (Å²) in [6.45, 7) is 3.08. The van der Waals surface area contributed by atoms with E-state index in [-0.39, 0.29) is 12.5 Å². The lowest BCUT2D eigenvalue weighted by Crippen LogP contribution is -2.40. The van der Waals surface area contributed by atoms with Crippen molar-refractivity contribution in [2.24, 2.45) is 5.73 Å². The summed E-state index contributed by atoms with van der Waals surface area (Å²) in [4.78, 5) is 13.3. The first-order chi connectivity index (χ1) is 6.11. The van der Waals surface area contributed by atoms with Gasteiger partial charge in [-0.3, -0.25) is 4.79 Å². The molecule has 76 valence electrons. The molecule has 1 amide bonds. The zero-order valence-corrected chi connectivity index (χ0v) is 8.89. The first kappa shape index (κ1) is 12.3. The van der Waals surface area contributed by atoms with Crippen molar-refractivity contribution < 1.29 is 9.53 Å². The van der Waals surface area contributed by atoms with Crippen molar-refractivity contribution in [2.45, 2.75) is 13.3 Å². The second-order valence-electron chi connectivity index (χ2n) is 2.71. The molecule has 0 saturated heterocycles. The molecule has 2 N–H and O–H groups in total. The van der Waals surface area contributed by atoms with E-state index >= 15 is 0 Å². The van der Waals surface area contributed by atoms with E-state index in [0.717, 1.165) is 6.42 Å². The average molecular weight is 204 g/mol. The monoisotopic (exact) mass is 204 g/mol. The van der Waals surface area contributed by atoms with Crippen LogP contribution >= 0.6 is 12.2 Å². The maximum atomic E-state index is 11.4. The summed E-state index contributed by atoms with van der Waals surface area (Å²) in [6.07, 6.45) is 0.887. The molecule has 4 nitrogen and oxygen atoms in total. The fraction of sp³-hybridized carbons (Fsp3) is 0.750.